The van der Waals surface area contributed by atoms with Gasteiger partial charge in [-0.05, 0) is 57.6 Å². The summed E-state index contributed by atoms with van der Waals surface area (Å²) in [5.74, 6) is 1.99. The molecule has 1 N–H and O–H groups in total. The predicted octanol–water partition coefficient (Wildman–Crippen LogP) is 3.86. The van der Waals surface area contributed by atoms with Crippen molar-refractivity contribution in [1.29, 1.82) is 0 Å². The number of halogens is 1. The first-order valence-corrected chi connectivity index (χ1v) is 11.7. The van der Waals surface area contributed by atoms with E-state index in [1.54, 1.807) is 6.26 Å². The highest BCUT2D eigenvalue weighted by molar-refractivity contribution is 14.0. The highest BCUT2D eigenvalue weighted by Gasteiger charge is 2.24. The molecule has 3 heterocycles. The Morgan fingerprint density at radius 3 is 2.84 bits per heavy atom. The summed E-state index contributed by atoms with van der Waals surface area (Å²) in [5, 5.41) is 3.53. The molecule has 0 radical (unpaired) electrons. The number of rotatable bonds is 11. The Balaban J connectivity index is 0.00000341. The average Bonchev–Trinajstić information content (AvgIpc) is 3.31. The second-order valence-electron chi connectivity index (χ2n) is 8.02. The Morgan fingerprint density at radius 1 is 1.26 bits per heavy atom. The number of ether oxygens (including phenoxy) is 3. The number of nitrogens with zero attached hydrogens (tertiary/aromatic N) is 2. The Bertz CT molecular complexity index is 586. The fourth-order valence-electron chi connectivity index (χ4n) is 3.93. The first kappa shape index (κ1) is 26.4. The normalized spacial score (nSPS) is 20.5. The van der Waals surface area contributed by atoms with E-state index in [1.807, 2.05) is 19.1 Å². The average molecular weight is 549 g/mol. The van der Waals surface area contributed by atoms with Crippen LogP contribution >= 0.6 is 24.0 Å². The minimum absolute atomic E-state index is 0. The van der Waals surface area contributed by atoms with Gasteiger partial charge in [0.2, 0.25) is 0 Å². The molecule has 1 aromatic heterocycles. The first-order chi connectivity index (χ1) is 14.8. The smallest absolute Gasteiger partial charge is 0.193 e. The zero-order chi connectivity index (χ0) is 20.9. The summed E-state index contributed by atoms with van der Waals surface area (Å²) >= 11 is 0. The SMILES string of the molecule is CCOCCCN=C(NCCc1ccco1)N1CCC(OCC2CCCCO2)CC1.I. The molecule has 0 aromatic carbocycles. The second kappa shape index (κ2) is 15.9. The van der Waals surface area contributed by atoms with E-state index in [4.69, 9.17) is 23.6 Å². The van der Waals surface area contributed by atoms with E-state index >= 15 is 0 Å². The maximum absolute atomic E-state index is 6.17. The highest BCUT2D eigenvalue weighted by atomic mass is 127. The van der Waals surface area contributed by atoms with Gasteiger partial charge in [-0.15, -0.1) is 24.0 Å². The van der Waals surface area contributed by atoms with Crippen LogP contribution < -0.4 is 5.32 Å². The zero-order valence-corrected chi connectivity index (χ0v) is 21.3. The lowest BCUT2D eigenvalue weighted by Crippen LogP contribution is -2.47. The van der Waals surface area contributed by atoms with Crippen LogP contribution in [0.1, 0.15) is 51.2 Å². The van der Waals surface area contributed by atoms with Crippen molar-refractivity contribution in [3.8, 4) is 0 Å². The molecule has 0 aliphatic carbocycles. The van der Waals surface area contributed by atoms with Crippen molar-refractivity contribution in [2.45, 2.75) is 64.1 Å². The first-order valence-electron chi connectivity index (χ1n) is 11.7. The molecular weight excluding hydrogens is 509 g/mol. The summed E-state index contributed by atoms with van der Waals surface area (Å²) in [6.45, 7) is 8.70. The van der Waals surface area contributed by atoms with Crippen LogP contribution in [0, 0.1) is 0 Å². The minimum Gasteiger partial charge on any atom is -0.469 e. The van der Waals surface area contributed by atoms with Gasteiger partial charge in [0.25, 0.3) is 0 Å². The quantitative estimate of drug-likeness (QED) is 0.196. The molecule has 8 heteroatoms. The summed E-state index contributed by atoms with van der Waals surface area (Å²) in [6.07, 6.45) is 9.79. The number of hydrogen-bond donors (Lipinski definition) is 1. The number of guanidine groups is 1. The summed E-state index contributed by atoms with van der Waals surface area (Å²) in [6, 6.07) is 3.95. The molecule has 3 rings (SSSR count). The Morgan fingerprint density at radius 2 is 2.13 bits per heavy atom. The van der Waals surface area contributed by atoms with Crippen LogP contribution in [0.15, 0.2) is 27.8 Å². The molecule has 178 valence electrons. The number of nitrogens with one attached hydrogen (secondary N) is 1. The van der Waals surface area contributed by atoms with Gasteiger partial charge in [-0.1, -0.05) is 0 Å². The van der Waals surface area contributed by atoms with Gasteiger partial charge in [0, 0.05) is 52.4 Å². The van der Waals surface area contributed by atoms with E-state index in [9.17, 15) is 0 Å². The van der Waals surface area contributed by atoms with Crippen LogP contribution in [0.3, 0.4) is 0 Å². The molecule has 2 fully saturated rings. The van der Waals surface area contributed by atoms with Crippen molar-refractivity contribution in [2.24, 2.45) is 4.99 Å². The summed E-state index contributed by atoms with van der Waals surface area (Å²) < 4.78 is 22.8. The predicted molar refractivity (Wildman–Crippen MR) is 133 cm³/mol. The summed E-state index contributed by atoms with van der Waals surface area (Å²) in [4.78, 5) is 7.20. The fourth-order valence-corrected chi connectivity index (χ4v) is 3.93. The number of piperidine rings is 1. The van der Waals surface area contributed by atoms with E-state index in [-0.39, 0.29) is 24.0 Å². The van der Waals surface area contributed by atoms with E-state index < -0.39 is 0 Å². The van der Waals surface area contributed by atoms with Crippen molar-refractivity contribution in [3.05, 3.63) is 24.2 Å². The Labute approximate surface area is 204 Å². The minimum atomic E-state index is 0. The molecule has 2 saturated heterocycles. The lowest BCUT2D eigenvalue weighted by Gasteiger charge is -2.35. The fraction of sp³-hybridized carbons (Fsp3) is 0.783. The molecule has 0 saturated carbocycles. The van der Waals surface area contributed by atoms with E-state index in [1.165, 1.54) is 12.8 Å². The molecule has 0 bridgehead atoms. The second-order valence-corrected chi connectivity index (χ2v) is 8.02. The molecule has 0 amide bonds. The molecule has 2 aliphatic rings. The van der Waals surface area contributed by atoms with Crippen molar-refractivity contribution >= 4 is 29.9 Å². The lowest BCUT2D eigenvalue weighted by molar-refractivity contribution is -0.0721. The monoisotopic (exact) mass is 549 g/mol. The molecule has 1 atom stereocenters. The highest BCUT2D eigenvalue weighted by Crippen LogP contribution is 2.18. The lowest BCUT2D eigenvalue weighted by atomic mass is 10.1. The number of likely N-dealkylation sites (tertiary alicyclic amines) is 1. The van der Waals surface area contributed by atoms with Gasteiger partial charge >= 0.3 is 0 Å². The van der Waals surface area contributed by atoms with Crippen LogP contribution in [0.25, 0.3) is 0 Å². The van der Waals surface area contributed by atoms with Crippen LogP contribution in [0.5, 0.6) is 0 Å². The molecule has 1 aromatic rings. The van der Waals surface area contributed by atoms with Crippen molar-refractivity contribution in [1.82, 2.24) is 10.2 Å². The van der Waals surface area contributed by atoms with Crippen molar-refractivity contribution in [2.75, 3.05) is 52.6 Å². The molecule has 31 heavy (non-hydrogen) atoms. The van der Waals surface area contributed by atoms with Crippen LogP contribution in [-0.2, 0) is 20.6 Å². The van der Waals surface area contributed by atoms with Gasteiger partial charge in [0.05, 0.1) is 25.1 Å². The van der Waals surface area contributed by atoms with Crippen molar-refractivity contribution < 1.29 is 18.6 Å². The zero-order valence-electron chi connectivity index (χ0n) is 18.9. The van der Waals surface area contributed by atoms with Gasteiger partial charge < -0.3 is 28.8 Å². The maximum Gasteiger partial charge on any atom is 0.193 e. The number of furan rings is 1. The molecule has 0 spiro atoms. The largest absolute Gasteiger partial charge is 0.469 e. The van der Waals surface area contributed by atoms with Gasteiger partial charge in [-0.3, -0.25) is 4.99 Å². The molecular formula is C23H40IN3O4. The van der Waals surface area contributed by atoms with E-state index in [0.29, 0.717) is 12.2 Å². The van der Waals surface area contributed by atoms with Crippen molar-refractivity contribution in [3.63, 3.8) is 0 Å². The third kappa shape index (κ3) is 10.1. The van der Waals surface area contributed by atoms with Gasteiger partial charge in [0.1, 0.15) is 5.76 Å². The van der Waals surface area contributed by atoms with Gasteiger partial charge in [0.15, 0.2) is 5.96 Å². The third-order valence-electron chi connectivity index (χ3n) is 5.68. The topological polar surface area (TPSA) is 68.5 Å². The standard InChI is InChI=1S/C23H39N3O4.HI/c1-2-27-16-6-12-24-23(25-13-9-20-8-5-18-28-20)26-14-10-21(11-15-26)30-19-22-7-3-4-17-29-22;/h5,8,18,21-22H,2-4,6-7,9-17,19H2,1H3,(H,24,25);1H. The van der Waals surface area contributed by atoms with Crippen LogP contribution in [0.4, 0.5) is 0 Å². The number of hydrogen-bond acceptors (Lipinski definition) is 5. The maximum atomic E-state index is 6.17. The summed E-state index contributed by atoms with van der Waals surface area (Å²) in [7, 11) is 0. The molecule has 2 aliphatic heterocycles. The Hall–Kier alpha value is -0.840. The van der Waals surface area contributed by atoms with Gasteiger partial charge in [-0.25, -0.2) is 0 Å². The Kier molecular flexibility index (Phi) is 13.5. The van der Waals surface area contributed by atoms with E-state index in [2.05, 4.69) is 10.2 Å². The molecule has 7 nitrogen and oxygen atoms in total. The van der Waals surface area contributed by atoms with Gasteiger partial charge in [-0.2, -0.15) is 0 Å². The number of aliphatic imine (C=N–C) groups is 1. The third-order valence-corrected chi connectivity index (χ3v) is 5.68. The van der Waals surface area contributed by atoms with E-state index in [0.717, 1.165) is 96.4 Å². The van der Waals surface area contributed by atoms with Crippen LogP contribution in [0.2, 0.25) is 0 Å². The molecule has 1 unspecified atom stereocenters. The van der Waals surface area contributed by atoms with Crippen LogP contribution in [-0.4, -0.2) is 75.7 Å². The summed E-state index contributed by atoms with van der Waals surface area (Å²) in [5.41, 5.74) is 0.